The third-order valence-corrected chi connectivity index (χ3v) is 3.59. The summed E-state index contributed by atoms with van der Waals surface area (Å²) in [6.45, 7) is 2.99. The molecule has 2 aromatic carbocycles. The van der Waals surface area contributed by atoms with Crippen molar-refractivity contribution in [1.82, 2.24) is 15.3 Å². The second-order valence-corrected chi connectivity index (χ2v) is 5.47. The smallest absolute Gasteiger partial charge is 0.170 e. The summed E-state index contributed by atoms with van der Waals surface area (Å²) in [6.07, 6.45) is 1.05. The lowest BCUT2D eigenvalue weighted by atomic mass is 10.2. The van der Waals surface area contributed by atoms with E-state index >= 15 is 0 Å². The Labute approximate surface area is 135 Å². The number of benzene rings is 2. The molecule has 112 valence electrons. The summed E-state index contributed by atoms with van der Waals surface area (Å²) in [7, 11) is 0. The standard InChI is InChI=1S/C17H18N4S/c1-2-11-18-17(22)19-13-9-7-12(8-10-13)16-20-14-5-3-4-6-15(14)21-16/h3-10H,2,11H2,1H3,(H,20,21)(H2,18,19,22). The van der Waals surface area contributed by atoms with Crippen molar-refractivity contribution in [1.29, 1.82) is 0 Å². The molecule has 0 aliphatic heterocycles. The average Bonchev–Trinajstić information content (AvgIpc) is 2.97. The second kappa shape index (κ2) is 6.58. The van der Waals surface area contributed by atoms with Gasteiger partial charge in [-0.05, 0) is 55.0 Å². The molecule has 22 heavy (non-hydrogen) atoms. The zero-order chi connectivity index (χ0) is 15.4. The number of aromatic nitrogens is 2. The largest absolute Gasteiger partial charge is 0.362 e. The van der Waals surface area contributed by atoms with Crippen LogP contribution in [0.5, 0.6) is 0 Å². The topological polar surface area (TPSA) is 52.7 Å². The molecule has 0 aliphatic rings. The van der Waals surface area contributed by atoms with Crippen LogP contribution in [-0.4, -0.2) is 21.6 Å². The predicted octanol–water partition coefficient (Wildman–Crippen LogP) is 3.93. The third-order valence-electron chi connectivity index (χ3n) is 3.34. The molecule has 0 aliphatic carbocycles. The molecule has 0 fully saturated rings. The summed E-state index contributed by atoms with van der Waals surface area (Å²) in [5.41, 5.74) is 4.04. The Kier molecular flexibility index (Phi) is 4.34. The van der Waals surface area contributed by atoms with E-state index in [1.165, 1.54) is 0 Å². The molecule has 0 unspecified atom stereocenters. The van der Waals surface area contributed by atoms with Gasteiger partial charge in [-0.15, -0.1) is 0 Å². The number of rotatable bonds is 4. The van der Waals surface area contributed by atoms with E-state index in [0.717, 1.165) is 41.1 Å². The average molecular weight is 310 g/mol. The Balaban J connectivity index is 1.74. The summed E-state index contributed by atoms with van der Waals surface area (Å²) in [5.74, 6) is 0.874. The van der Waals surface area contributed by atoms with Crippen LogP contribution in [0.25, 0.3) is 22.4 Å². The van der Waals surface area contributed by atoms with Crippen LogP contribution >= 0.6 is 12.2 Å². The molecule has 0 bridgehead atoms. The van der Waals surface area contributed by atoms with Gasteiger partial charge in [-0.1, -0.05) is 19.1 Å². The minimum absolute atomic E-state index is 0.651. The number of nitrogens with zero attached hydrogens (tertiary/aromatic N) is 1. The van der Waals surface area contributed by atoms with Crippen molar-refractivity contribution in [2.45, 2.75) is 13.3 Å². The van der Waals surface area contributed by atoms with Gasteiger partial charge in [-0.2, -0.15) is 0 Å². The van der Waals surface area contributed by atoms with Crippen LogP contribution in [0.15, 0.2) is 48.5 Å². The van der Waals surface area contributed by atoms with Crippen molar-refractivity contribution < 1.29 is 0 Å². The van der Waals surface area contributed by atoms with Crippen LogP contribution in [0.4, 0.5) is 5.69 Å². The fourth-order valence-electron chi connectivity index (χ4n) is 2.21. The van der Waals surface area contributed by atoms with Crippen LogP contribution < -0.4 is 10.6 Å². The van der Waals surface area contributed by atoms with E-state index in [2.05, 4.69) is 27.5 Å². The molecular formula is C17H18N4S. The summed E-state index contributed by atoms with van der Waals surface area (Å²) in [6, 6.07) is 16.1. The highest BCUT2D eigenvalue weighted by atomic mass is 32.1. The van der Waals surface area contributed by atoms with Crippen molar-refractivity contribution in [3.8, 4) is 11.4 Å². The molecule has 1 aromatic heterocycles. The summed E-state index contributed by atoms with van der Waals surface area (Å²) < 4.78 is 0. The Morgan fingerprint density at radius 2 is 1.91 bits per heavy atom. The Bertz CT molecular complexity index is 744. The highest BCUT2D eigenvalue weighted by Gasteiger charge is 2.05. The molecule has 0 saturated heterocycles. The van der Waals surface area contributed by atoms with Gasteiger partial charge in [-0.25, -0.2) is 4.98 Å². The van der Waals surface area contributed by atoms with Crippen molar-refractivity contribution in [2.24, 2.45) is 0 Å². The van der Waals surface area contributed by atoms with Gasteiger partial charge in [0.2, 0.25) is 0 Å². The molecule has 4 nitrogen and oxygen atoms in total. The second-order valence-electron chi connectivity index (χ2n) is 5.06. The van der Waals surface area contributed by atoms with Crippen LogP contribution in [0.2, 0.25) is 0 Å². The van der Waals surface area contributed by atoms with Crippen molar-refractivity contribution in [3.63, 3.8) is 0 Å². The highest BCUT2D eigenvalue weighted by molar-refractivity contribution is 7.80. The number of H-pyrrole nitrogens is 1. The van der Waals surface area contributed by atoms with Crippen molar-refractivity contribution in [2.75, 3.05) is 11.9 Å². The van der Waals surface area contributed by atoms with E-state index in [1.54, 1.807) is 0 Å². The molecular weight excluding hydrogens is 292 g/mol. The normalized spacial score (nSPS) is 10.6. The van der Waals surface area contributed by atoms with Gasteiger partial charge >= 0.3 is 0 Å². The number of thiocarbonyl (C=S) groups is 1. The first-order valence-corrected chi connectivity index (χ1v) is 7.77. The zero-order valence-electron chi connectivity index (χ0n) is 12.4. The van der Waals surface area contributed by atoms with Gasteiger partial charge in [0.25, 0.3) is 0 Å². The van der Waals surface area contributed by atoms with E-state index in [4.69, 9.17) is 12.2 Å². The molecule has 3 aromatic rings. The third kappa shape index (κ3) is 3.26. The van der Waals surface area contributed by atoms with Crippen molar-refractivity contribution >= 4 is 34.1 Å². The lowest BCUT2D eigenvalue weighted by Gasteiger charge is -2.09. The van der Waals surface area contributed by atoms with E-state index in [0.29, 0.717) is 5.11 Å². The van der Waals surface area contributed by atoms with E-state index in [-0.39, 0.29) is 0 Å². The minimum Gasteiger partial charge on any atom is -0.362 e. The zero-order valence-corrected chi connectivity index (χ0v) is 13.2. The summed E-state index contributed by atoms with van der Waals surface area (Å²) in [5, 5.41) is 6.97. The molecule has 0 amide bonds. The fraction of sp³-hybridized carbons (Fsp3) is 0.176. The van der Waals surface area contributed by atoms with Gasteiger partial charge < -0.3 is 15.6 Å². The molecule has 3 rings (SSSR count). The quantitative estimate of drug-likeness (QED) is 0.639. The number of fused-ring (bicyclic) bond motifs is 1. The molecule has 0 spiro atoms. The van der Waals surface area contributed by atoms with Crippen molar-refractivity contribution in [3.05, 3.63) is 48.5 Å². The highest BCUT2D eigenvalue weighted by Crippen LogP contribution is 2.21. The number of hydrogen-bond acceptors (Lipinski definition) is 2. The van der Waals surface area contributed by atoms with Crippen LogP contribution in [-0.2, 0) is 0 Å². The number of imidazole rings is 1. The van der Waals surface area contributed by atoms with E-state index in [9.17, 15) is 0 Å². The Hall–Kier alpha value is -2.40. The molecule has 3 N–H and O–H groups in total. The Morgan fingerprint density at radius 1 is 1.14 bits per heavy atom. The molecule has 0 saturated carbocycles. The molecule has 1 heterocycles. The maximum absolute atomic E-state index is 5.23. The first kappa shape index (κ1) is 14.5. The number of para-hydroxylation sites is 2. The van der Waals surface area contributed by atoms with Gasteiger partial charge in [0.15, 0.2) is 5.11 Å². The minimum atomic E-state index is 0.651. The molecule has 5 heteroatoms. The maximum atomic E-state index is 5.23. The number of aromatic amines is 1. The Morgan fingerprint density at radius 3 is 2.64 bits per heavy atom. The van der Waals surface area contributed by atoms with Crippen LogP contribution in [0.1, 0.15) is 13.3 Å². The van der Waals surface area contributed by atoms with Crippen LogP contribution in [0, 0.1) is 0 Å². The van der Waals surface area contributed by atoms with Gasteiger partial charge in [0.1, 0.15) is 5.82 Å². The number of hydrogen-bond donors (Lipinski definition) is 3. The SMILES string of the molecule is CCCNC(=S)Nc1ccc(-c2nc3ccccc3[nH]2)cc1. The molecule has 0 radical (unpaired) electrons. The van der Waals surface area contributed by atoms with Gasteiger partial charge in [0.05, 0.1) is 11.0 Å². The lowest BCUT2D eigenvalue weighted by molar-refractivity contribution is 0.846. The first-order valence-electron chi connectivity index (χ1n) is 7.36. The predicted molar refractivity (Wildman–Crippen MR) is 96.0 cm³/mol. The van der Waals surface area contributed by atoms with Gasteiger partial charge in [0, 0.05) is 17.8 Å². The monoisotopic (exact) mass is 310 g/mol. The fourth-order valence-corrected chi connectivity index (χ4v) is 2.43. The van der Waals surface area contributed by atoms with Crippen LogP contribution in [0.3, 0.4) is 0 Å². The number of anilines is 1. The van der Waals surface area contributed by atoms with E-state index < -0.39 is 0 Å². The molecule has 0 atom stereocenters. The van der Waals surface area contributed by atoms with Gasteiger partial charge in [-0.3, -0.25) is 0 Å². The summed E-state index contributed by atoms with van der Waals surface area (Å²) in [4.78, 5) is 7.93. The lowest BCUT2D eigenvalue weighted by Crippen LogP contribution is -2.28. The summed E-state index contributed by atoms with van der Waals surface area (Å²) >= 11 is 5.23. The number of nitrogens with one attached hydrogen (secondary N) is 3. The maximum Gasteiger partial charge on any atom is 0.170 e. The first-order chi connectivity index (χ1) is 10.8. The van der Waals surface area contributed by atoms with E-state index in [1.807, 2.05) is 48.5 Å².